The van der Waals surface area contributed by atoms with E-state index in [0.717, 1.165) is 16.5 Å². The minimum atomic E-state index is -0.516. The second-order valence-electron chi connectivity index (χ2n) is 9.80. The lowest BCUT2D eigenvalue weighted by Gasteiger charge is -2.38. The highest BCUT2D eigenvalue weighted by atomic mass is 16.6. The zero-order chi connectivity index (χ0) is 24.0. The number of benzene rings is 1. The first-order valence-electron chi connectivity index (χ1n) is 11.5. The Bertz CT molecular complexity index is 1210. The van der Waals surface area contributed by atoms with Gasteiger partial charge < -0.3 is 24.0 Å². The molecule has 11 heteroatoms. The maximum atomic E-state index is 12.3. The van der Waals surface area contributed by atoms with Crippen molar-refractivity contribution >= 4 is 28.9 Å². The molecule has 0 atom stereocenters. The molecule has 0 N–H and O–H groups in total. The molecule has 4 heterocycles. The molecule has 5 rings (SSSR count). The van der Waals surface area contributed by atoms with Crippen molar-refractivity contribution in [2.24, 2.45) is 0 Å². The second kappa shape index (κ2) is 8.30. The first-order valence-corrected chi connectivity index (χ1v) is 11.5. The van der Waals surface area contributed by atoms with Crippen molar-refractivity contribution in [2.45, 2.75) is 39.3 Å². The topological polar surface area (TPSA) is 110 Å². The van der Waals surface area contributed by atoms with Gasteiger partial charge in [0, 0.05) is 57.1 Å². The standard InChI is InChI=1S/C23H29N7O4/c1-15(31)29-13-18(14-29)30-19-11-16(5-6-17(19)12-24-30)20-25-21(34-26-20)27-7-9-28(10-8-27)22(32)33-23(2,3)4/h5-6,11-12,18H,7-10,13-14H2,1-4H3. The summed E-state index contributed by atoms with van der Waals surface area (Å²) in [5.41, 5.74) is 1.29. The minimum absolute atomic E-state index is 0.0830. The molecule has 2 saturated heterocycles. The fraction of sp³-hybridized carbons (Fsp3) is 0.522. The Hall–Kier alpha value is -3.63. The predicted octanol–water partition coefficient (Wildman–Crippen LogP) is 2.55. The fourth-order valence-electron chi connectivity index (χ4n) is 4.20. The molecule has 0 radical (unpaired) electrons. The lowest BCUT2D eigenvalue weighted by atomic mass is 10.1. The molecule has 0 bridgehead atoms. The summed E-state index contributed by atoms with van der Waals surface area (Å²) in [6.07, 6.45) is 1.53. The Kier molecular flexibility index (Phi) is 5.41. The van der Waals surface area contributed by atoms with Crippen LogP contribution in [0.15, 0.2) is 28.9 Å². The van der Waals surface area contributed by atoms with E-state index >= 15 is 0 Å². The first kappa shape index (κ1) is 22.2. The molecule has 2 amide bonds. The number of carbonyl (C=O) groups is 2. The number of amides is 2. The quantitative estimate of drug-likeness (QED) is 0.578. The van der Waals surface area contributed by atoms with E-state index in [4.69, 9.17) is 9.26 Å². The Morgan fingerprint density at radius 2 is 1.82 bits per heavy atom. The van der Waals surface area contributed by atoms with E-state index in [1.54, 1.807) is 16.7 Å². The van der Waals surface area contributed by atoms with Gasteiger partial charge in [0.1, 0.15) is 5.60 Å². The number of rotatable bonds is 3. The van der Waals surface area contributed by atoms with Crippen molar-refractivity contribution in [1.29, 1.82) is 0 Å². The van der Waals surface area contributed by atoms with Gasteiger partial charge >= 0.3 is 12.1 Å². The predicted molar refractivity (Wildman–Crippen MR) is 124 cm³/mol. The molecular weight excluding hydrogens is 438 g/mol. The number of fused-ring (bicyclic) bond motifs is 1. The van der Waals surface area contributed by atoms with Gasteiger partial charge in [-0.2, -0.15) is 10.1 Å². The maximum Gasteiger partial charge on any atom is 0.410 e. The molecule has 2 aliphatic heterocycles. The molecule has 2 aliphatic rings. The van der Waals surface area contributed by atoms with Crippen molar-refractivity contribution in [3.05, 3.63) is 24.4 Å². The Balaban J connectivity index is 1.27. The largest absolute Gasteiger partial charge is 0.444 e. The maximum absolute atomic E-state index is 12.3. The third-order valence-corrected chi connectivity index (χ3v) is 6.13. The van der Waals surface area contributed by atoms with E-state index in [1.165, 1.54) is 0 Å². The summed E-state index contributed by atoms with van der Waals surface area (Å²) in [5.74, 6) is 0.581. The Labute approximate surface area is 197 Å². The molecule has 2 fully saturated rings. The monoisotopic (exact) mass is 467 g/mol. The van der Waals surface area contributed by atoms with E-state index in [2.05, 4.69) is 15.2 Å². The van der Waals surface area contributed by atoms with Crippen LogP contribution in [-0.2, 0) is 9.53 Å². The van der Waals surface area contributed by atoms with Crippen LogP contribution in [0.25, 0.3) is 22.3 Å². The molecule has 180 valence electrons. The SMILES string of the molecule is CC(=O)N1CC(n2ncc3ccc(-c4noc(N5CCN(C(=O)OC(C)(C)C)CC5)n4)cc32)C1. The van der Waals surface area contributed by atoms with Gasteiger partial charge in [0.15, 0.2) is 0 Å². The fourth-order valence-corrected chi connectivity index (χ4v) is 4.20. The van der Waals surface area contributed by atoms with Crippen molar-refractivity contribution in [2.75, 3.05) is 44.2 Å². The van der Waals surface area contributed by atoms with E-state index in [0.29, 0.717) is 51.1 Å². The number of piperazine rings is 1. The molecule has 34 heavy (non-hydrogen) atoms. The van der Waals surface area contributed by atoms with Crippen molar-refractivity contribution in [3.8, 4) is 11.4 Å². The number of carbonyl (C=O) groups excluding carboxylic acids is 2. The van der Waals surface area contributed by atoms with Crippen molar-refractivity contribution in [3.63, 3.8) is 0 Å². The van der Waals surface area contributed by atoms with Crippen LogP contribution in [0.1, 0.15) is 33.7 Å². The average molecular weight is 468 g/mol. The molecule has 0 saturated carbocycles. The zero-order valence-corrected chi connectivity index (χ0v) is 19.9. The average Bonchev–Trinajstić information content (AvgIpc) is 3.39. The summed E-state index contributed by atoms with van der Waals surface area (Å²) in [4.78, 5) is 33.9. The van der Waals surface area contributed by atoms with Gasteiger partial charge in [0.25, 0.3) is 0 Å². The Morgan fingerprint density at radius 3 is 2.50 bits per heavy atom. The van der Waals surface area contributed by atoms with Crippen molar-refractivity contribution < 1.29 is 18.8 Å². The van der Waals surface area contributed by atoms with Crippen molar-refractivity contribution in [1.82, 2.24) is 29.7 Å². The van der Waals surface area contributed by atoms with Gasteiger partial charge in [-0.05, 0) is 26.8 Å². The van der Waals surface area contributed by atoms with E-state index < -0.39 is 5.60 Å². The normalized spacial score (nSPS) is 17.2. The summed E-state index contributed by atoms with van der Waals surface area (Å²) in [7, 11) is 0. The number of hydrogen-bond donors (Lipinski definition) is 0. The lowest BCUT2D eigenvalue weighted by molar-refractivity contribution is -0.134. The number of hydrogen-bond acceptors (Lipinski definition) is 8. The third kappa shape index (κ3) is 4.29. The first-order chi connectivity index (χ1) is 16.2. The van der Waals surface area contributed by atoms with Crippen LogP contribution >= 0.6 is 0 Å². The highest BCUT2D eigenvalue weighted by molar-refractivity contribution is 5.83. The molecule has 0 aliphatic carbocycles. The minimum Gasteiger partial charge on any atom is -0.444 e. The van der Waals surface area contributed by atoms with E-state index in [9.17, 15) is 9.59 Å². The van der Waals surface area contributed by atoms with Crippen LogP contribution in [-0.4, -0.2) is 86.6 Å². The van der Waals surface area contributed by atoms with Crippen LogP contribution in [0, 0.1) is 0 Å². The zero-order valence-electron chi connectivity index (χ0n) is 19.9. The van der Waals surface area contributed by atoms with Gasteiger partial charge in [-0.1, -0.05) is 17.3 Å². The van der Waals surface area contributed by atoms with E-state index in [1.807, 2.05) is 54.7 Å². The molecule has 11 nitrogen and oxygen atoms in total. The number of aromatic nitrogens is 4. The summed E-state index contributed by atoms with van der Waals surface area (Å²) in [6, 6.07) is 6.55. The van der Waals surface area contributed by atoms with Gasteiger partial charge in [0.05, 0.1) is 17.8 Å². The third-order valence-electron chi connectivity index (χ3n) is 6.13. The lowest BCUT2D eigenvalue weighted by Crippen LogP contribution is -2.50. The molecule has 3 aromatic rings. The number of likely N-dealkylation sites (tertiary alicyclic amines) is 1. The summed E-state index contributed by atoms with van der Waals surface area (Å²) in [5, 5.41) is 9.74. The summed E-state index contributed by atoms with van der Waals surface area (Å²) < 4.78 is 13.0. The number of nitrogens with zero attached hydrogens (tertiary/aromatic N) is 7. The van der Waals surface area contributed by atoms with Crippen LogP contribution < -0.4 is 4.90 Å². The molecule has 0 unspecified atom stereocenters. The van der Waals surface area contributed by atoms with E-state index in [-0.39, 0.29) is 18.0 Å². The summed E-state index contributed by atoms with van der Waals surface area (Å²) >= 11 is 0. The van der Waals surface area contributed by atoms with Crippen LogP contribution in [0.3, 0.4) is 0 Å². The number of anilines is 1. The van der Waals surface area contributed by atoms with Gasteiger partial charge in [-0.15, -0.1) is 0 Å². The van der Waals surface area contributed by atoms with Crippen LogP contribution in [0.5, 0.6) is 0 Å². The number of ether oxygens (including phenoxy) is 1. The Morgan fingerprint density at radius 1 is 1.09 bits per heavy atom. The molecule has 1 aromatic carbocycles. The highest BCUT2D eigenvalue weighted by Gasteiger charge is 2.32. The summed E-state index contributed by atoms with van der Waals surface area (Å²) in [6.45, 7) is 10.7. The van der Waals surface area contributed by atoms with Gasteiger partial charge in [-0.25, -0.2) is 4.79 Å². The van der Waals surface area contributed by atoms with Crippen LogP contribution in [0.2, 0.25) is 0 Å². The van der Waals surface area contributed by atoms with Gasteiger partial charge in [-0.3, -0.25) is 9.48 Å². The second-order valence-corrected chi connectivity index (χ2v) is 9.80. The highest BCUT2D eigenvalue weighted by Crippen LogP contribution is 2.29. The molecule has 0 spiro atoms. The molecular formula is C23H29N7O4. The smallest absolute Gasteiger partial charge is 0.410 e. The van der Waals surface area contributed by atoms with Crippen LogP contribution in [0.4, 0.5) is 10.8 Å². The van der Waals surface area contributed by atoms with Gasteiger partial charge in [0.2, 0.25) is 11.7 Å². The molecule has 2 aromatic heterocycles.